The van der Waals surface area contributed by atoms with E-state index in [9.17, 15) is 14.7 Å². The van der Waals surface area contributed by atoms with Crippen LogP contribution in [0.25, 0.3) is 5.76 Å². The Kier molecular flexibility index (Phi) is 6.40. The highest BCUT2D eigenvalue weighted by atomic mass is 35.5. The Labute approximate surface area is 176 Å². The van der Waals surface area contributed by atoms with Gasteiger partial charge < -0.3 is 14.9 Å². The first-order valence-corrected chi connectivity index (χ1v) is 10.1. The molecule has 29 heavy (non-hydrogen) atoms. The zero-order valence-electron chi connectivity index (χ0n) is 16.9. The van der Waals surface area contributed by atoms with Crippen molar-refractivity contribution in [2.45, 2.75) is 19.4 Å². The number of amides is 1. The van der Waals surface area contributed by atoms with Crippen LogP contribution in [-0.2, 0) is 9.59 Å². The lowest BCUT2D eigenvalue weighted by Gasteiger charge is -2.25. The van der Waals surface area contributed by atoms with Gasteiger partial charge in [0.25, 0.3) is 11.7 Å². The highest BCUT2D eigenvalue weighted by molar-refractivity contribution is 6.46. The van der Waals surface area contributed by atoms with Crippen molar-refractivity contribution in [3.05, 3.63) is 75.8 Å². The van der Waals surface area contributed by atoms with Crippen LogP contribution in [-0.4, -0.2) is 48.9 Å². The third kappa shape index (κ3) is 4.52. The fourth-order valence-electron chi connectivity index (χ4n) is 3.57. The number of aryl methyl sites for hydroxylation is 1. The number of aliphatic hydroxyl groups excluding tert-OH is 1. The number of quaternary nitrogens is 1. The van der Waals surface area contributed by atoms with Crippen LogP contribution in [0.2, 0.25) is 5.02 Å². The Hall–Kier alpha value is -2.63. The van der Waals surface area contributed by atoms with Gasteiger partial charge >= 0.3 is 0 Å². The Bertz CT molecular complexity index is 934. The molecule has 0 spiro atoms. The molecule has 0 bridgehead atoms. The lowest BCUT2D eigenvalue weighted by molar-refractivity contribution is -0.858. The minimum Gasteiger partial charge on any atom is -0.507 e. The number of ketones is 1. The second-order valence-electron chi connectivity index (χ2n) is 7.72. The Balaban J connectivity index is 2.07. The fraction of sp³-hybridized carbons (Fsp3) is 0.304. The number of aliphatic hydroxyl groups is 1. The van der Waals surface area contributed by atoms with Crippen molar-refractivity contribution in [3.8, 4) is 0 Å². The number of benzene rings is 2. The van der Waals surface area contributed by atoms with Crippen LogP contribution >= 0.6 is 11.6 Å². The van der Waals surface area contributed by atoms with Crippen LogP contribution in [0.5, 0.6) is 0 Å². The van der Waals surface area contributed by atoms with E-state index in [2.05, 4.69) is 0 Å². The second kappa shape index (κ2) is 8.80. The van der Waals surface area contributed by atoms with E-state index in [1.807, 2.05) is 45.3 Å². The quantitative estimate of drug-likeness (QED) is 0.434. The summed E-state index contributed by atoms with van der Waals surface area (Å²) < 4.78 is 0. The molecule has 1 amide bonds. The van der Waals surface area contributed by atoms with Gasteiger partial charge in [0.05, 0.1) is 32.3 Å². The molecule has 1 heterocycles. The second-order valence-corrected chi connectivity index (χ2v) is 8.16. The normalized spacial score (nSPS) is 18.7. The van der Waals surface area contributed by atoms with E-state index >= 15 is 0 Å². The summed E-state index contributed by atoms with van der Waals surface area (Å²) in [4.78, 5) is 28.6. The summed E-state index contributed by atoms with van der Waals surface area (Å²) in [5, 5.41) is 11.5. The molecule has 152 valence electrons. The summed E-state index contributed by atoms with van der Waals surface area (Å²) in [6.45, 7) is 3.31. The van der Waals surface area contributed by atoms with Crippen molar-refractivity contribution < 1.29 is 19.6 Å². The molecule has 6 heteroatoms. The van der Waals surface area contributed by atoms with E-state index in [0.717, 1.165) is 24.1 Å². The highest BCUT2D eigenvalue weighted by Gasteiger charge is 2.45. The van der Waals surface area contributed by atoms with E-state index in [-0.39, 0.29) is 11.3 Å². The van der Waals surface area contributed by atoms with E-state index in [0.29, 0.717) is 17.1 Å². The monoisotopic (exact) mass is 413 g/mol. The fourth-order valence-corrected chi connectivity index (χ4v) is 3.70. The van der Waals surface area contributed by atoms with Crippen molar-refractivity contribution in [2.24, 2.45) is 0 Å². The molecule has 3 rings (SSSR count). The summed E-state index contributed by atoms with van der Waals surface area (Å²) in [5.74, 6) is -1.40. The van der Waals surface area contributed by atoms with Gasteiger partial charge in [-0.25, -0.2) is 0 Å². The van der Waals surface area contributed by atoms with Gasteiger partial charge in [0.2, 0.25) is 0 Å². The van der Waals surface area contributed by atoms with E-state index in [4.69, 9.17) is 11.6 Å². The molecular weight excluding hydrogens is 388 g/mol. The average molecular weight is 414 g/mol. The predicted octanol–water partition coefficient (Wildman–Crippen LogP) is 2.60. The minimum atomic E-state index is -0.653. The molecule has 1 aliphatic heterocycles. The SMILES string of the molecule is Cc1ccc([C@@H]2C(=C(O)c3ccc(Cl)cc3)C(=O)C(=O)N2CCC[NH+](C)C)cc1. The largest absolute Gasteiger partial charge is 0.507 e. The molecule has 2 N–H and O–H groups in total. The molecule has 0 unspecified atom stereocenters. The number of carbonyl (C=O) groups excluding carboxylic acids is 2. The van der Waals surface area contributed by atoms with Gasteiger partial charge in [-0.3, -0.25) is 9.59 Å². The summed E-state index contributed by atoms with van der Waals surface area (Å²) in [7, 11) is 4.10. The Morgan fingerprint density at radius 2 is 1.69 bits per heavy atom. The zero-order chi connectivity index (χ0) is 21.1. The number of likely N-dealkylation sites (tertiary alicyclic amines) is 1. The number of Topliss-reactive ketones (excluding diaryl/α,β-unsaturated/α-hetero) is 1. The number of hydrogen-bond acceptors (Lipinski definition) is 3. The highest BCUT2D eigenvalue weighted by Crippen LogP contribution is 2.39. The zero-order valence-corrected chi connectivity index (χ0v) is 17.7. The van der Waals surface area contributed by atoms with Crippen LogP contribution in [0.1, 0.15) is 29.2 Å². The Morgan fingerprint density at radius 3 is 2.28 bits per heavy atom. The molecule has 0 radical (unpaired) electrons. The van der Waals surface area contributed by atoms with Gasteiger partial charge in [0.15, 0.2) is 0 Å². The first-order chi connectivity index (χ1) is 13.8. The van der Waals surface area contributed by atoms with E-state index in [1.165, 1.54) is 4.90 Å². The van der Waals surface area contributed by atoms with Crippen molar-refractivity contribution in [2.75, 3.05) is 27.2 Å². The van der Waals surface area contributed by atoms with Crippen LogP contribution in [0, 0.1) is 6.92 Å². The lowest BCUT2D eigenvalue weighted by atomic mass is 9.94. The molecule has 0 saturated carbocycles. The van der Waals surface area contributed by atoms with Gasteiger partial charge in [-0.05, 0) is 36.8 Å². The first-order valence-electron chi connectivity index (χ1n) is 9.69. The van der Waals surface area contributed by atoms with Crippen LogP contribution in [0.15, 0.2) is 54.1 Å². The lowest BCUT2D eigenvalue weighted by Crippen LogP contribution is -3.05. The summed E-state index contributed by atoms with van der Waals surface area (Å²) in [5.41, 5.74) is 2.47. The maximum atomic E-state index is 12.9. The van der Waals surface area contributed by atoms with Gasteiger partial charge in [-0.1, -0.05) is 41.4 Å². The van der Waals surface area contributed by atoms with Gasteiger partial charge in [0.1, 0.15) is 5.76 Å². The molecule has 2 aromatic rings. The number of halogens is 1. The number of nitrogens with zero attached hydrogens (tertiary/aromatic N) is 1. The van der Waals surface area contributed by atoms with E-state index in [1.54, 1.807) is 29.2 Å². The first kappa shape index (κ1) is 21.1. The molecule has 0 aromatic heterocycles. The van der Waals surface area contributed by atoms with Crippen molar-refractivity contribution in [3.63, 3.8) is 0 Å². The minimum absolute atomic E-state index is 0.123. The number of carbonyl (C=O) groups is 2. The van der Waals surface area contributed by atoms with Crippen LogP contribution in [0.3, 0.4) is 0 Å². The number of hydrogen-bond donors (Lipinski definition) is 2. The molecular formula is C23H26ClN2O3+. The van der Waals surface area contributed by atoms with Crippen molar-refractivity contribution >= 4 is 29.1 Å². The third-order valence-electron chi connectivity index (χ3n) is 5.13. The van der Waals surface area contributed by atoms with Gasteiger partial charge in [-0.2, -0.15) is 0 Å². The van der Waals surface area contributed by atoms with E-state index < -0.39 is 17.7 Å². The van der Waals surface area contributed by atoms with Crippen molar-refractivity contribution in [1.29, 1.82) is 0 Å². The topological polar surface area (TPSA) is 62.0 Å². The third-order valence-corrected chi connectivity index (χ3v) is 5.38. The average Bonchev–Trinajstić information content (AvgIpc) is 2.93. The molecule has 5 nitrogen and oxygen atoms in total. The van der Waals surface area contributed by atoms with Crippen molar-refractivity contribution in [1.82, 2.24) is 4.90 Å². The van der Waals surface area contributed by atoms with Gasteiger partial charge in [0, 0.05) is 23.6 Å². The Morgan fingerprint density at radius 1 is 1.07 bits per heavy atom. The standard InChI is InChI=1S/C23H25ClN2O3/c1-15-5-7-16(8-6-15)20-19(21(27)17-9-11-18(24)12-10-17)22(28)23(29)26(20)14-4-13-25(2)3/h5-12,20,27H,4,13-14H2,1-3H3/p+1/t20-/m1/s1. The molecule has 1 saturated heterocycles. The molecule has 0 aliphatic carbocycles. The maximum Gasteiger partial charge on any atom is 0.295 e. The summed E-state index contributed by atoms with van der Waals surface area (Å²) in [6, 6.07) is 13.7. The van der Waals surface area contributed by atoms with Gasteiger partial charge in [-0.15, -0.1) is 0 Å². The number of nitrogens with one attached hydrogen (secondary N) is 1. The summed E-state index contributed by atoms with van der Waals surface area (Å²) >= 11 is 5.94. The molecule has 1 atom stereocenters. The molecule has 1 aliphatic rings. The predicted molar refractivity (Wildman–Crippen MR) is 114 cm³/mol. The number of rotatable bonds is 6. The van der Waals surface area contributed by atoms with Crippen LogP contribution < -0.4 is 4.90 Å². The van der Waals surface area contributed by atoms with Crippen LogP contribution in [0.4, 0.5) is 0 Å². The molecule has 1 fully saturated rings. The maximum absolute atomic E-state index is 12.9. The summed E-state index contributed by atoms with van der Waals surface area (Å²) in [6.07, 6.45) is 0.763. The molecule has 2 aromatic carbocycles. The smallest absolute Gasteiger partial charge is 0.295 e.